The zero-order valence-electron chi connectivity index (χ0n) is 8.51. The molecular weight excluding hydrogens is 164 g/mol. The van der Waals surface area contributed by atoms with Gasteiger partial charge in [0.2, 0.25) is 0 Å². The first-order valence-electron chi connectivity index (χ1n) is 4.80. The number of hydrogen-bond donors (Lipinski definition) is 0. The molecule has 0 aromatic rings. The third-order valence-corrected chi connectivity index (χ3v) is 2.92. The highest BCUT2D eigenvalue weighted by atomic mass is 16.5. The first-order valence-corrected chi connectivity index (χ1v) is 4.80. The fourth-order valence-electron chi connectivity index (χ4n) is 1.67. The van der Waals surface area contributed by atoms with Crippen molar-refractivity contribution in [2.45, 2.75) is 39.2 Å². The van der Waals surface area contributed by atoms with E-state index >= 15 is 0 Å². The van der Waals surface area contributed by atoms with Gasteiger partial charge in [0, 0.05) is 0 Å². The van der Waals surface area contributed by atoms with Crippen LogP contribution in [0.1, 0.15) is 33.1 Å². The Morgan fingerprint density at radius 1 is 1.69 bits per heavy atom. The van der Waals surface area contributed by atoms with Crippen molar-refractivity contribution in [1.29, 1.82) is 0 Å². The topological polar surface area (TPSA) is 26.3 Å². The summed E-state index contributed by atoms with van der Waals surface area (Å²) in [6.45, 7) is 8.70. The maximum absolute atomic E-state index is 10.1. The Balaban J connectivity index is 2.41. The quantitative estimate of drug-likeness (QED) is 0.494. The van der Waals surface area contributed by atoms with E-state index in [4.69, 9.17) is 4.74 Å². The molecule has 2 nitrogen and oxygen atoms in total. The molecule has 0 amide bonds. The molecule has 74 valence electrons. The fraction of sp³-hybridized carbons (Fsp3) is 0.727. The molecule has 0 radical (unpaired) electrons. The van der Waals surface area contributed by atoms with E-state index in [1.165, 1.54) is 5.57 Å². The summed E-state index contributed by atoms with van der Waals surface area (Å²) in [5, 5.41) is 0. The zero-order chi connectivity index (χ0) is 9.90. The van der Waals surface area contributed by atoms with Crippen molar-refractivity contribution in [2.75, 3.05) is 6.61 Å². The normalized spacial score (nSPS) is 27.2. The van der Waals surface area contributed by atoms with Crippen molar-refractivity contribution in [1.82, 2.24) is 0 Å². The van der Waals surface area contributed by atoms with Crippen LogP contribution in [0.3, 0.4) is 0 Å². The summed E-state index contributed by atoms with van der Waals surface area (Å²) in [5.74, 6) is 0. The molecule has 0 aromatic heterocycles. The van der Waals surface area contributed by atoms with Gasteiger partial charge in [0.25, 0.3) is 0 Å². The van der Waals surface area contributed by atoms with Crippen LogP contribution in [0, 0.1) is 5.41 Å². The fourth-order valence-corrected chi connectivity index (χ4v) is 1.67. The molecule has 1 unspecified atom stereocenters. The standard InChI is InChI=1S/C11H18O2/c1-9-8-10(13-7-6-12)4-5-11(9,2)3/h6,10H,1,4-5,7-8H2,2-3H3. The number of hydrogen-bond acceptors (Lipinski definition) is 2. The Morgan fingerprint density at radius 3 is 2.92 bits per heavy atom. The number of carbonyl (C=O) groups excluding carboxylic acids is 1. The van der Waals surface area contributed by atoms with Gasteiger partial charge in [-0.1, -0.05) is 26.0 Å². The van der Waals surface area contributed by atoms with Crippen LogP contribution in [-0.4, -0.2) is 19.0 Å². The van der Waals surface area contributed by atoms with Gasteiger partial charge in [-0.15, -0.1) is 0 Å². The molecule has 1 atom stereocenters. The highest BCUT2D eigenvalue weighted by molar-refractivity contribution is 5.50. The predicted molar refractivity (Wildman–Crippen MR) is 52.6 cm³/mol. The van der Waals surface area contributed by atoms with Crippen LogP contribution in [0.5, 0.6) is 0 Å². The Morgan fingerprint density at radius 2 is 2.38 bits per heavy atom. The van der Waals surface area contributed by atoms with Gasteiger partial charge in [0.1, 0.15) is 12.9 Å². The summed E-state index contributed by atoms with van der Waals surface area (Å²) in [6.07, 6.45) is 4.07. The second-order valence-electron chi connectivity index (χ2n) is 4.35. The van der Waals surface area contributed by atoms with Crippen LogP contribution < -0.4 is 0 Å². The first-order chi connectivity index (χ1) is 6.06. The molecule has 1 saturated carbocycles. The molecule has 0 N–H and O–H groups in total. The van der Waals surface area contributed by atoms with E-state index in [0.29, 0.717) is 0 Å². The van der Waals surface area contributed by atoms with E-state index in [9.17, 15) is 4.79 Å². The van der Waals surface area contributed by atoms with Crippen molar-refractivity contribution in [3.05, 3.63) is 12.2 Å². The molecule has 2 heteroatoms. The Bertz CT molecular complexity index is 206. The minimum absolute atomic E-state index is 0.214. The van der Waals surface area contributed by atoms with Crippen molar-refractivity contribution in [3.63, 3.8) is 0 Å². The largest absolute Gasteiger partial charge is 0.370 e. The lowest BCUT2D eigenvalue weighted by Crippen LogP contribution is -2.28. The lowest BCUT2D eigenvalue weighted by molar-refractivity contribution is -0.114. The summed E-state index contributed by atoms with van der Waals surface area (Å²) in [5.41, 5.74) is 1.50. The van der Waals surface area contributed by atoms with Crippen LogP contribution in [0.15, 0.2) is 12.2 Å². The molecule has 0 spiro atoms. The molecule has 0 heterocycles. The van der Waals surface area contributed by atoms with E-state index in [1.807, 2.05) is 0 Å². The van der Waals surface area contributed by atoms with Crippen LogP contribution >= 0.6 is 0 Å². The molecule has 1 rings (SSSR count). The van der Waals surface area contributed by atoms with Gasteiger partial charge >= 0.3 is 0 Å². The van der Waals surface area contributed by atoms with Gasteiger partial charge in [-0.05, 0) is 24.7 Å². The van der Waals surface area contributed by atoms with Gasteiger partial charge in [0.05, 0.1) is 6.10 Å². The van der Waals surface area contributed by atoms with Crippen molar-refractivity contribution in [2.24, 2.45) is 5.41 Å². The van der Waals surface area contributed by atoms with Gasteiger partial charge in [-0.3, -0.25) is 0 Å². The summed E-state index contributed by atoms with van der Waals surface area (Å²) < 4.78 is 5.37. The minimum Gasteiger partial charge on any atom is -0.370 e. The Hall–Kier alpha value is -0.630. The molecule has 0 aromatic carbocycles. The van der Waals surface area contributed by atoms with E-state index in [2.05, 4.69) is 20.4 Å². The Kier molecular flexibility index (Phi) is 3.26. The number of ether oxygens (including phenoxy) is 1. The van der Waals surface area contributed by atoms with Crippen molar-refractivity contribution < 1.29 is 9.53 Å². The highest BCUT2D eigenvalue weighted by Gasteiger charge is 2.30. The monoisotopic (exact) mass is 182 g/mol. The third-order valence-electron chi connectivity index (χ3n) is 2.92. The Labute approximate surface area is 80.0 Å². The predicted octanol–water partition coefficient (Wildman–Crippen LogP) is 2.34. The summed E-state index contributed by atoms with van der Waals surface area (Å²) in [6, 6.07) is 0. The zero-order valence-corrected chi connectivity index (χ0v) is 8.51. The van der Waals surface area contributed by atoms with E-state index in [1.54, 1.807) is 0 Å². The summed E-state index contributed by atoms with van der Waals surface area (Å²) in [4.78, 5) is 10.1. The average molecular weight is 182 g/mol. The van der Waals surface area contributed by atoms with Crippen LogP contribution in [0.4, 0.5) is 0 Å². The molecule has 1 aliphatic rings. The molecular formula is C11H18O2. The second-order valence-corrected chi connectivity index (χ2v) is 4.35. The maximum atomic E-state index is 10.1. The lowest BCUT2D eigenvalue weighted by atomic mass is 9.73. The third kappa shape index (κ3) is 2.66. The van der Waals surface area contributed by atoms with Crippen LogP contribution in [0.2, 0.25) is 0 Å². The SMILES string of the molecule is C=C1CC(OCC=O)CCC1(C)C. The second kappa shape index (κ2) is 4.05. The number of rotatable bonds is 3. The molecule has 1 aliphatic carbocycles. The van der Waals surface area contributed by atoms with Gasteiger partial charge in [-0.25, -0.2) is 0 Å². The van der Waals surface area contributed by atoms with E-state index in [0.717, 1.165) is 25.5 Å². The van der Waals surface area contributed by atoms with Crippen LogP contribution in [-0.2, 0) is 9.53 Å². The van der Waals surface area contributed by atoms with E-state index < -0.39 is 0 Å². The minimum atomic E-state index is 0.214. The molecule has 0 aliphatic heterocycles. The molecule has 0 saturated heterocycles. The summed E-state index contributed by atoms with van der Waals surface area (Å²) >= 11 is 0. The maximum Gasteiger partial charge on any atom is 0.145 e. The number of aldehydes is 1. The first kappa shape index (κ1) is 10.5. The van der Waals surface area contributed by atoms with Gasteiger partial charge < -0.3 is 9.53 Å². The van der Waals surface area contributed by atoms with Crippen molar-refractivity contribution in [3.8, 4) is 0 Å². The number of carbonyl (C=O) groups is 1. The molecule has 0 bridgehead atoms. The smallest absolute Gasteiger partial charge is 0.145 e. The van der Waals surface area contributed by atoms with Gasteiger partial charge in [0.15, 0.2) is 0 Å². The average Bonchev–Trinajstić information content (AvgIpc) is 2.07. The highest BCUT2D eigenvalue weighted by Crippen LogP contribution is 2.39. The molecule has 1 fully saturated rings. The summed E-state index contributed by atoms with van der Waals surface area (Å²) in [7, 11) is 0. The van der Waals surface area contributed by atoms with Crippen molar-refractivity contribution >= 4 is 6.29 Å². The molecule has 13 heavy (non-hydrogen) atoms. The van der Waals surface area contributed by atoms with Gasteiger partial charge in [-0.2, -0.15) is 0 Å². The van der Waals surface area contributed by atoms with Crippen LogP contribution in [0.25, 0.3) is 0 Å². The lowest BCUT2D eigenvalue weighted by Gasteiger charge is -2.36. The van der Waals surface area contributed by atoms with E-state index in [-0.39, 0.29) is 18.1 Å².